The van der Waals surface area contributed by atoms with Gasteiger partial charge in [0.2, 0.25) is 0 Å². The highest BCUT2D eigenvalue weighted by molar-refractivity contribution is 6.05. The Balaban J connectivity index is 1.41. The van der Waals surface area contributed by atoms with Crippen molar-refractivity contribution in [3.63, 3.8) is 0 Å². The molecule has 0 unspecified atom stereocenters. The van der Waals surface area contributed by atoms with Crippen molar-refractivity contribution in [1.82, 2.24) is 5.43 Å². The minimum absolute atomic E-state index is 0.705. The van der Waals surface area contributed by atoms with Gasteiger partial charge in [-0.1, -0.05) is 109 Å². The van der Waals surface area contributed by atoms with Crippen molar-refractivity contribution in [2.24, 2.45) is 4.99 Å². The number of benzene rings is 5. The molecule has 1 radical (unpaired) electrons. The predicted octanol–water partition coefficient (Wildman–Crippen LogP) is 7.77. The topological polar surface area (TPSA) is 29.7 Å². The minimum atomic E-state index is 0.705. The smallest absolute Gasteiger partial charge is 0.180 e. The van der Waals surface area contributed by atoms with Crippen LogP contribution in [0.4, 0.5) is 17.1 Å². The third-order valence-electron chi connectivity index (χ3n) is 5.98. The fourth-order valence-corrected chi connectivity index (χ4v) is 4.21. The van der Waals surface area contributed by atoms with E-state index in [1.54, 1.807) is 0 Å². The molecule has 0 saturated carbocycles. The lowest BCUT2D eigenvalue weighted by Crippen LogP contribution is -2.35. The molecule has 1 aliphatic heterocycles. The molecule has 0 N–H and O–H groups in total. The van der Waals surface area contributed by atoms with E-state index >= 15 is 0 Å². The van der Waals surface area contributed by atoms with Crippen LogP contribution in [0.2, 0.25) is 0 Å². The van der Waals surface area contributed by atoms with Gasteiger partial charge in [-0.3, -0.25) is 0 Å². The van der Waals surface area contributed by atoms with Gasteiger partial charge in [0.1, 0.15) is 0 Å². The van der Waals surface area contributed by atoms with E-state index < -0.39 is 0 Å². The molecule has 0 amide bonds. The summed E-state index contributed by atoms with van der Waals surface area (Å²) in [4.78, 5) is 4.89. The van der Waals surface area contributed by atoms with Crippen LogP contribution in [0.5, 0.6) is 0 Å². The molecular weight excluding hydrogens is 414 g/mol. The third-order valence-corrected chi connectivity index (χ3v) is 5.98. The summed E-state index contributed by atoms with van der Waals surface area (Å²) in [6.45, 7) is 0. The fraction of sp³-hybridized carbons (Fsp3) is 0. The van der Waals surface area contributed by atoms with Crippen LogP contribution in [0.15, 0.2) is 138 Å². The Labute approximate surface area is 199 Å². The molecule has 34 heavy (non-hydrogen) atoms. The average Bonchev–Trinajstić information content (AvgIpc) is 2.94. The Morgan fingerprint density at radius 1 is 0.441 bits per heavy atom. The third kappa shape index (κ3) is 3.84. The molecule has 0 fully saturated rings. The van der Waals surface area contributed by atoms with Gasteiger partial charge >= 0.3 is 0 Å². The maximum atomic E-state index is 4.94. The van der Waals surface area contributed by atoms with Crippen molar-refractivity contribution in [1.29, 1.82) is 0 Å². The van der Waals surface area contributed by atoms with Crippen LogP contribution in [-0.2, 0) is 0 Å². The van der Waals surface area contributed by atoms with Gasteiger partial charge in [-0.2, -0.15) is 0 Å². The summed E-state index contributed by atoms with van der Waals surface area (Å²) in [6, 6.07) is 45.9. The molecule has 3 nitrogen and oxygen atoms in total. The summed E-state index contributed by atoms with van der Waals surface area (Å²) in [6.07, 6.45) is 0. The quantitative estimate of drug-likeness (QED) is 0.283. The summed E-state index contributed by atoms with van der Waals surface area (Å²) in [5, 5.41) is 1.99. The molecule has 5 aromatic carbocycles. The van der Waals surface area contributed by atoms with Gasteiger partial charge in [-0.25, -0.2) is 10.0 Å². The molecular formula is C31H22N3. The molecule has 5 aromatic rings. The van der Waals surface area contributed by atoms with Crippen molar-refractivity contribution in [3.8, 4) is 22.3 Å². The first-order valence-corrected chi connectivity index (χ1v) is 11.4. The van der Waals surface area contributed by atoms with E-state index in [0.717, 1.165) is 33.8 Å². The number of amidine groups is 1. The lowest BCUT2D eigenvalue weighted by Gasteiger charge is -2.29. The molecule has 1 aliphatic rings. The summed E-state index contributed by atoms with van der Waals surface area (Å²) < 4.78 is 0. The second kappa shape index (κ2) is 8.72. The van der Waals surface area contributed by atoms with Gasteiger partial charge in [0.05, 0.1) is 17.1 Å². The molecule has 1 heterocycles. The van der Waals surface area contributed by atoms with Gasteiger partial charge in [-0.15, -0.1) is 5.43 Å². The van der Waals surface area contributed by atoms with Crippen LogP contribution < -0.4 is 10.4 Å². The van der Waals surface area contributed by atoms with E-state index in [1.165, 1.54) is 11.1 Å². The lowest BCUT2D eigenvalue weighted by atomic mass is 9.99. The van der Waals surface area contributed by atoms with Crippen LogP contribution in [0, 0.1) is 0 Å². The van der Waals surface area contributed by atoms with Gasteiger partial charge in [-0.05, 0) is 46.5 Å². The van der Waals surface area contributed by atoms with Crippen molar-refractivity contribution in [3.05, 3.63) is 139 Å². The van der Waals surface area contributed by atoms with Crippen LogP contribution >= 0.6 is 0 Å². The Morgan fingerprint density at radius 2 is 0.941 bits per heavy atom. The Hall–Kier alpha value is -4.63. The molecule has 0 aromatic heterocycles. The molecule has 0 bridgehead atoms. The molecule has 0 aliphatic carbocycles. The summed E-state index contributed by atoms with van der Waals surface area (Å²) in [7, 11) is 0. The SMILES string of the molecule is c1ccc(C2=Nc3ccc(-c4ccc(-c5ccccc5)cc4)cc3N(c3ccccc3)[N]2)cc1. The summed E-state index contributed by atoms with van der Waals surface area (Å²) in [5.41, 5.74) is 13.5. The average molecular weight is 437 g/mol. The number of hydrogen-bond donors (Lipinski definition) is 0. The van der Waals surface area contributed by atoms with Crippen molar-refractivity contribution in [2.45, 2.75) is 0 Å². The van der Waals surface area contributed by atoms with E-state index in [4.69, 9.17) is 10.4 Å². The standard InChI is InChI=1S/C31H22N3/c1-4-10-23(11-5-1)24-16-18-25(19-17-24)27-20-21-29-30(22-27)34(28-14-8-3-9-15-28)33-31(32-29)26-12-6-2-7-13-26/h1-22H. The minimum Gasteiger partial charge on any atom is -0.229 e. The van der Waals surface area contributed by atoms with Crippen molar-refractivity contribution in [2.75, 3.05) is 5.01 Å². The zero-order chi connectivity index (χ0) is 22.7. The number of anilines is 2. The van der Waals surface area contributed by atoms with E-state index in [-0.39, 0.29) is 0 Å². The summed E-state index contributed by atoms with van der Waals surface area (Å²) in [5.74, 6) is 0.705. The first-order chi connectivity index (χ1) is 16.8. The second-order valence-electron chi connectivity index (χ2n) is 8.20. The molecule has 3 heteroatoms. The second-order valence-corrected chi connectivity index (χ2v) is 8.20. The van der Waals surface area contributed by atoms with Crippen LogP contribution in [0.1, 0.15) is 5.56 Å². The van der Waals surface area contributed by atoms with Gasteiger partial charge in [0, 0.05) is 5.56 Å². The molecule has 0 atom stereocenters. The van der Waals surface area contributed by atoms with Crippen LogP contribution in [0.25, 0.3) is 22.3 Å². The Bertz CT molecular complexity index is 1440. The normalized spacial score (nSPS) is 12.5. The number of fused-ring (bicyclic) bond motifs is 1. The predicted molar refractivity (Wildman–Crippen MR) is 141 cm³/mol. The zero-order valence-electron chi connectivity index (χ0n) is 18.5. The largest absolute Gasteiger partial charge is 0.229 e. The molecule has 161 valence electrons. The monoisotopic (exact) mass is 436 g/mol. The molecule has 0 spiro atoms. The zero-order valence-corrected chi connectivity index (χ0v) is 18.5. The number of aliphatic imine (C=N–C) groups is 1. The van der Waals surface area contributed by atoms with Crippen molar-refractivity contribution < 1.29 is 0 Å². The van der Waals surface area contributed by atoms with E-state index in [2.05, 4.69) is 78.9 Å². The first kappa shape index (κ1) is 20.0. The van der Waals surface area contributed by atoms with E-state index in [9.17, 15) is 0 Å². The van der Waals surface area contributed by atoms with E-state index in [1.807, 2.05) is 59.6 Å². The van der Waals surface area contributed by atoms with Crippen LogP contribution in [-0.4, -0.2) is 5.84 Å². The first-order valence-electron chi connectivity index (χ1n) is 11.4. The Morgan fingerprint density at radius 3 is 1.59 bits per heavy atom. The molecule has 6 rings (SSSR count). The summed E-state index contributed by atoms with van der Waals surface area (Å²) >= 11 is 0. The number of nitrogens with zero attached hydrogens (tertiary/aromatic N) is 3. The highest BCUT2D eigenvalue weighted by Crippen LogP contribution is 2.40. The van der Waals surface area contributed by atoms with Crippen molar-refractivity contribution >= 4 is 22.9 Å². The number of para-hydroxylation sites is 1. The highest BCUT2D eigenvalue weighted by atomic mass is 15.5. The lowest BCUT2D eigenvalue weighted by molar-refractivity contribution is 0.899. The van der Waals surface area contributed by atoms with Gasteiger partial charge in [0.25, 0.3) is 0 Å². The Kier molecular flexibility index (Phi) is 5.13. The maximum Gasteiger partial charge on any atom is 0.180 e. The maximum absolute atomic E-state index is 4.94. The molecule has 0 saturated heterocycles. The van der Waals surface area contributed by atoms with E-state index in [0.29, 0.717) is 5.84 Å². The highest BCUT2D eigenvalue weighted by Gasteiger charge is 2.24. The van der Waals surface area contributed by atoms with Gasteiger partial charge < -0.3 is 0 Å². The number of hydrogen-bond acceptors (Lipinski definition) is 2. The number of rotatable bonds is 4. The van der Waals surface area contributed by atoms with Gasteiger partial charge in [0.15, 0.2) is 5.84 Å². The van der Waals surface area contributed by atoms with Crippen LogP contribution in [0.3, 0.4) is 0 Å². The fourth-order valence-electron chi connectivity index (χ4n) is 4.21.